The number of hydrogen-bond donors (Lipinski definition) is 1. The topological polar surface area (TPSA) is 63.2 Å². The molecule has 2 aromatic rings. The van der Waals surface area contributed by atoms with Crippen LogP contribution in [0.1, 0.15) is 21.5 Å². The lowest BCUT2D eigenvalue weighted by Crippen LogP contribution is -2.29. The summed E-state index contributed by atoms with van der Waals surface area (Å²) < 4.78 is 26.5. The van der Waals surface area contributed by atoms with Gasteiger partial charge in [0.15, 0.2) is 5.78 Å². The Morgan fingerprint density at radius 2 is 1.38 bits per heavy atom. The molecule has 0 spiro atoms. The SMILES string of the molecule is Cc1ccc(C(=O)CNS(=O)(=O)c2ccc(C)cc2)cc1. The lowest BCUT2D eigenvalue weighted by molar-refractivity contribution is 0.0997. The fourth-order valence-electron chi connectivity index (χ4n) is 1.80. The molecule has 1 N–H and O–H groups in total. The van der Waals surface area contributed by atoms with Crippen molar-refractivity contribution in [2.75, 3.05) is 6.54 Å². The minimum atomic E-state index is -3.66. The van der Waals surface area contributed by atoms with Crippen LogP contribution in [0.5, 0.6) is 0 Å². The van der Waals surface area contributed by atoms with Gasteiger partial charge in [0.1, 0.15) is 0 Å². The Labute approximate surface area is 124 Å². The third-order valence-electron chi connectivity index (χ3n) is 3.13. The summed E-state index contributed by atoms with van der Waals surface area (Å²) in [5, 5.41) is 0. The van der Waals surface area contributed by atoms with Gasteiger partial charge in [-0.1, -0.05) is 47.5 Å². The van der Waals surface area contributed by atoms with E-state index in [1.807, 2.05) is 26.0 Å². The summed E-state index contributed by atoms with van der Waals surface area (Å²) in [6.07, 6.45) is 0. The third-order valence-corrected chi connectivity index (χ3v) is 4.54. The summed E-state index contributed by atoms with van der Waals surface area (Å²) in [4.78, 5) is 12.1. The van der Waals surface area contributed by atoms with Crippen molar-refractivity contribution in [3.05, 3.63) is 65.2 Å². The largest absolute Gasteiger partial charge is 0.293 e. The summed E-state index contributed by atoms with van der Waals surface area (Å²) in [5.74, 6) is -0.259. The van der Waals surface area contributed by atoms with Gasteiger partial charge in [0, 0.05) is 5.56 Å². The van der Waals surface area contributed by atoms with Gasteiger partial charge < -0.3 is 0 Å². The van der Waals surface area contributed by atoms with E-state index in [-0.39, 0.29) is 17.2 Å². The first-order valence-electron chi connectivity index (χ1n) is 6.55. The normalized spacial score (nSPS) is 11.3. The molecule has 0 amide bonds. The van der Waals surface area contributed by atoms with Gasteiger partial charge in [-0.25, -0.2) is 13.1 Å². The molecule has 0 heterocycles. The van der Waals surface area contributed by atoms with Crippen LogP contribution in [0.25, 0.3) is 0 Å². The number of Topliss-reactive ketones (excluding diaryl/α,β-unsaturated/α-hetero) is 1. The summed E-state index contributed by atoms with van der Waals surface area (Å²) in [5.41, 5.74) is 2.52. The van der Waals surface area contributed by atoms with E-state index in [9.17, 15) is 13.2 Å². The highest BCUT2D eigenvalue weighted by molar-refractivity contribution is 7.89. The monoisotopic (exact) mass is 303 g/mol. The van der Waals surface area contributed by atoms with Crippen molar-refractivity contribution < 1.29 is 13.2 Å². The number of carbonyl (C=O) groups is 1. The number of benzene rings is 2. The maximum Gasteiger partial charge on any atom is 0.240 e. The molecule has 21 heavy (non-hydrogen) atoms. The van der Waals surface area contributed by atoms with Crippen molar-refractivity contribution in [1.29, 1.82) is 0 Å². The van der Waals surface area contributed by atoms with E-state index in [0.717, 1.165) is 11.1 Å². The van der Waals surface area contributed by atoms with E-state index in [1.165, 1.54) is 12.1 Å². The molecule has 2 aromatic carbocycles. The molecule has 0 bridgehead atoms. The average molecular weight is 303 g/mol. The molecule has 0 radical (unpaired) electrons. The van der Waals surface area contributed by atoms with Crippen molar-refractivity contribution in [1.82, 2.24) is 4.72 Å². The zero-order valence-electron chi connectivity index (χ0n) is 12.0. The molecule has 5 heteroatoms. The molecule has 0 saturated carbocycles. The predicted octanol–water partition coefficient (Wildman–Crippen LogP) is 2.46. The van der Waals surface area contributed by atoms with E-state index < -0.39 is 10.0 Å². The van der Waals surface area contributed by atoms with Gasteiger partial charge in [-0.2, -0.15) is 0 Å². The van der Waals surface area contributed by atoms with Crippen molar-refractivity contribution in [3.8, 4) is 0 Å². The standard InChI is InChI=1S/C16H17NO3S/c1-12-3-7-14(8-4-12)16(18)11-17-21(19,20)15-9-5-13(2)6-10-15/h3-10,17H,11H2,1-2H3. The molecule has 0 unspecified atom stereocenters. The zero-order valence-corrected chi connectivity index (χ0v) is 12.8. The first-order chi connectivity index (χ1) is 9.88. The smallest absolute Gasteiger partial charge is 0.240 e. The summed E-state index contributed by atoms with van der Waals surface area (Å²) in [6.45, 7) is 3.55. The molecule has 0 aliphatic heterocycles. The van der Waals surface area contributed by atoms with Crippen LogP contribution in [0.3, 0.4) is 0 Å². The van der Waals surface area contributed by atoms with Crippen LogP contribution >= 0.6 is 0 Å². The Bertz CT molecular complexity index is 732. The Morgan fingerprint density at radius 3 is 1.90 bits per heavy atom. The molecule has 0 aromatic heterocycles. The van der Waals surface area contributed by atoms with Gasteiger partial charge >= 0.3 is 0 Å². The minimum Gasteiger partial charge on any atom is -0.293 e. The summed E-state index contributed by atoms with van der Waals surface area (Å²) >= 11 is 0. The van der Waals surface area contributed by atoms with Crippen molar-refractivity contribution >= 4 is 15.8 Å². The first-order valence-corrected chi connectivity index (χ1v) is 8.03. The van der Waals surface area contributed by atoms with Gasteiger partial charge in [0.25, 0.3) is 0 Å². The van der Waals surface area contributed by atoms with Crippen LogP contribution in [0.15, 0.2) is 53.4 Å². The number of nitrogens with one attached hydrogen (secondary N) is 1. The van der Waals surface area contributed by atoms with Crippen molar-refractivity contribution in [2.45, 2.75) is 18.7 Å². The lowest BCUT2D eigenvalue weighted by Gasteiger charge is -2.07. The highest BCUT2D eigenvalue weighted by atomic mass is 32.2. The highest BCUT2D eigenvalue weighted by Crippen LogP contribution is 2.10. The number of carbonyl (C=O) groups excluding carboxylic acids is 1. The number of hydrogen-bond acceptors (Lipinski definition) is 3. The number of rotatable bonds is 5. The van der Waals surface area contributed by atoms with Crippen LogP contribution in [0, 0.1) is 13.8 Å². The predicted molar refractivity (Wildman–Crippen MR) is 81.9 cm³/mol. The molecule has 0 atom stereocenters. The molecule has 0 saturated heterocycles. The average Bonchev–Trinajstić information content (AvgIpc) is 2.46. The Balaban J connectivity index is 2.06. The van der Waals surface area contributed by atoms with Crippen molar-refractivity contribution in [3.63, 3.8) is 0 Å². The molecule has 4 nitrogen and oxygen atoms in total. The van der Waals surface area contributed by atoms with E-state index in [0.29, 0.717) is 5.56 Å². The van der Waals surface area contributed by atoms with Crippen LogP contribution in [-0.4, -0.2) is 20.7 Å². The molecule has 0 fully saturated rings. The maximum atomic E-state index is 12.1. The van der Waals surface area contributed by atoms with Gasteiger partial charge in [-0.3, -0.25) is 4.79 Å². The molecule has 110 valence electrons. The summed E-state index contributed by atoms with van der Waals surface area (Å²) in [6, 6.07) is 13.5. The minimum absolute atomic E-state index is 0.157. The fourth-order valence-corrected chi connectivity index (χ4v) is 2.78. The second kappa shape index (κ2) is 6.20. The lowest BCUT2D eigenvalue weighted by atomic mass is 10.1. The van der Waals surface area contributed by atoms with Crippen LogP contribution in [0.4, 0.5) is 0 Å². The van der Waals surface area contributed by atoms with Crippen LogP contribution in [0.2, 0.25) is 0 Å². The first kappa shape index (κ1) is 15.4. The van der Waals surface area contributed by atoms with Gasteiger partial charge in [-0.05, 0) is 26.0 Å². The number of sulfonamides is 1. The highest BCUT2D eigenvalue weighted by Gasteiger charge is 2.15. The Hall–Kier alpha value is -1.98. The molecular formula is C16H17NO3S. The van der Waals surface area contributed by atoms with E-state index >= 15 is 0 Å². The second-order valence-electron chi connectivity index (χ2n) is 4.93. The Kier molecular flexibility index (Phi) is 4.55. The quantitative estimate of drug-likeness (QED) is 0.863. The molecular weight excluding hydrogens is 286 g/mol. The molecule has 0 aliphatic carbocycles. The Morgan fingerprint density at radius 1 is 0.905 bits per heavy atom. The second-order valence-corrected chi connectivity index (χ2v) is 6.69. The van der Waals surface area contributed by atoms with Crippen LogP contribution < -0.4 is 4.72 Å². The molecule has 2 rings (SSSR count). The van der Waals surface area contributed by atoms with Crippen molar-refractivity contribution in [2.24, 2.45) is 0 Å². The van der Waals surface area contributed by atoms with Gasteiger partial charge in [0.2, 0.25) is 10.0 Å². The van der Waals surface area contributed by atoms with E-state index in [4.69, 9.17) is 0 Å². The third kappa shape index (κ3) is 4.00. The number of aryl methyl sites for hydroxylation is 2. The van der Waals surface area contributed by atoms with Crippen LogP contribution in [-0.2, 0) is 10.0 Å². The fraction of sp³-hybridized carbons (Fsp3) is 0.188. The number of ketones is 1. The van der Waals surface area contributed by atoms with E-state index in [1.54, 1.807) is 24.3 Å². The molecule has 0 aliphatic rings. The van der Waals surface area contributed by atoms with Gasteiger partial charge in [0.05, 0.1) is 11.4 Å². The van der Waals surface area contributed by atoms with Gasteiger partial charge in [-0.15, -0.1) is 0 Å². The van der Waals surface area contributed by atoms with E-state index in [2.05, 4.69) is 4.72 Å². The maximum absolute atomic E-state index is 12.1. The zero-order chi connectivity index (χ0) is 15.5. The summed E-state index contributed by atoms with van der Waals surface area (Å²) in [7, 11) is -3.66.